The molecule has 0 aromatic carbocycles. The Kier molecular flexibility index (Phi) is 7.81. The molecular formula is C10H16N2O5S. The van der Waals surface area contributed by atoms with Crippen LogP contribution in [0, 0.1) is 0 Å². The lowest BCUT2D eigenvalue weighted by molar-refractivity contribution is -0.140. The van der Waals surface area contributed by atoms with Crippen LogP contribution in [0.2, 0.25) is 0 Å². The van der Waals surface area contributed by atoms with Gasteiger partial charge >= 0.3 is 11.9 Å². The second kappa shape index (κ2) is 8.54. The highest BCUT2D eigenvalue weighted by molar-refractivity contribution is 8.03. The molecule has 0 fully saturated rings. The van der Waals surface area contributed by atoms with Gasteiger partial charge in [-0.3, -0.25) is 9.59 Å². The maximum atomic E-state index is 11.4. The van der Waals surface area contributed by atoms with Gasteiger partial charge in [-0.05, 0) is 18.8 Å². The molecule has 0 aromatic heterocycles. The highest BCUT2D eigenvalue weighted by Crippen LogP contribution is 2.10. The van der Waals surface area contributed by atoms with Crippen molar-refractivity contribution in [3.8, 4) is 0 Å². The number of allylic oxidation sites excluding steroid dienone is 1. The van der Waals surface area contributed by atoms with E-state index in [0.29, 0.717) is 0 Å². The lowest BCUT2D eigenvalue weighted by Gasteiger charge is -2.12. The molecule has 5 N–H and O–H groups in total. The Morgan fingerprint density at radius 2 is 1.94 bits per heavy atom. The van der Waals surface area contributed by atoms with E-state index in [1.807, 2.05) is 0 Å². The number of nitrogens with one attached hydrogen (secondary N) is 1. The third-order valence-electron chi connectivity index (χ3n) is 1.87. The molecule has 2 atom stereocenters. The van der Waals surface area contributed by atoms with Gasteiger partial charge in [0.15, 0.2) is 5.37 Å². The van der Waals surface area contributed by atoms with Crippen molar-refractivity contribution in [3.05, 3.63) is 11.5 Å². The summed E-state index contributed by atoms with van der Waals surface area (Å²) in [4.78, 5) is 32.6. The van der Waals surface area contributed by atoms with E-state index in [2.05, 4.69) is 5.32 Å². The van der Waals surface area contributed by atoms with Crippen LogP contribution in [-0.4, -0.2) is 39.5 Å². The van der Waals surface area contributed by atoms with Gasteiger partial charge in [0.1, 0.15) is 6.04 Å². The number of hydrogen-bond acceptors (Lipinski definition) is 5. The summed E-state index contributed by atoms with van der Waals surface area (Å²) in [5, 5.41) is 20.1. The predicted octanol–water partition coefficient (Wildman–Crippen LogP) is -0.0278. The van der Waals surface area contributed by atoms with E-state index < -0.39 is 29.3 Å². The van der Waals surface area contributed by atoms with Crippen LogP contribution in [-0.2, 0) is 14.4 Å². The Morgan fingerprint density at radius 1 is 1.33 bits per heavy atom. The van der Waals surface area contributed by atoms with Gasteiger partial charge in [0.2, 0.25) is 5.91 Å². The standard InChI is InChI=1S/C10H16N2O5S/c1-2-5-18-8(10(16)17)12-7(13)4-3-6(11)9(14)15/h2,5-6,8H,3-4,11H2,1H3,(H,12,13)(H,14,15)(H,16,17)/b5-2-/t6-,8-/m0/s1. The first-order valence-corrected chi connectivity index (χ1v) is 6.10. The molecule has 0 radical (unpaired) electrons. The Labute approximate surface area is 108 Å². The van der Waals surface area contributed by atoms with Crippen LogP contribution >= 0.6 is 11.8 Å². The van der Waals surface area contributed by atoms with Crippen LogP contribution in [0.25, 0.3) is 0 Å². The molecule has 0 saturated carbocycles. The van der Waals surface area contributed by atoms with Crippen molar-refractivity contribution >= 4 is 29.6 Å². The van der Waals surface area contributed by atoms with Crippen LogP contribution in [0.15, 0.2) is 11.5 Å². The van der Waals surface area contributed by atoms with Gasteiger partial charge in [-0.15, -0.1) is 0 Å². The smallest absolute Gasteiger partial charge is 0.337 e. The number of nitrogens with two attached hydrogens (primary N) is 1. The summed E-state index contributed by atoms with van der Waals surface area (Å²) in [6, 6.07) is -1.12. The summed E-state index contributed by atoms with van der Waals surface area (Å²) in [6.07, 6.45) is 1.47. The fraction of sp³-hybridized carbons (Fsp3) is 0.500. The molecule has 0 heterocycles. The Bertz CT molecular complexity index is 345. The highest BCUT2D eigenvalue weighted by Gasteiger charge is 2.20. The van der Waals surface area contributed by atoms with E-state index >= 15 is 0 Å². The van der Waals surface area contributed by atoms with Crippen LogP contribution < -0.4 is 11.1 Å². The largest absolute Gasteiger partial charge is 0.480 e. The normalized spacial score (nSPS) is 14.1. The Balaban J connectivity index is 4.18. The lowest BCUT2D eigenvalue weighted by Crippen LogP contribution is -2.39. The summed E-state index contributed by atoms with van der Waals surface area (Å²) in [7, 11) is 0. The number of carbonyl (C=O) groups is 3. The zero-order chi connectivity index (χ0) is 14.1. The number of carboxylic acid groups (broad SMARTS) is 2. The Morgan fingerprint density at radius 3 is 2.39 bits per heavy atom. The summed E-state index contributed by atoms with van der Waals surface area (Å²) < 4.78 is 0. The molecule has 8 heteroatoms. The molecule has 0 aliphatic rings. The molecule has 0 unspecified atom stereocenters. The minimum Gasteiger partial charge on any atom is -0.480 e. The van der Waals surface area contributed by atoms with Crippen molar-refractivity contribution in [2.45, 2.75) is 31.2 Å². The summed E-state index contributed by atoms with van der Waals surface area (Å²) >= 11 is 0.939. The van der Waals surface area contributed by atoms with Gasteiger partial charge in [-0.25, -0.2) is 4.79 Å². The monoisotopic (exact) mass is 276 g/mol. The first kappa shape index (κ1) is 16.5. The van der Waals surface area contributed by atoms with E-state index in [-0.39, 0.29) is 12.8 Å². The van der Waals surface area contributed by atoms with Gasteiger partial charge in [0.25, 0.3) is 0 Å². The number of carbonyl (C=O) groups excluding carboxylic acids is 1. The molecule has 0 aromatic rings. The van der Waals surface area contributed by atoms with Crippen LogP contribution in [0.1, 0.15) is 19.8 Å². The first-order valence-electron chi connectivity index (χ1n) is 5.15. The van der Waals surface area contributed by atoms with Crippen molar-refractivity contribution in [2.24, 2.45) is 5.73 Å². The fourth-order valence-corrected chi connectivity index (χ4v) is 1.57. The average molecular weight is 276 g/mol. The molecule has 0 rings (SSSR count). The second-order valence-corrected chi connectivity index (χ2v) is 4.39. The van der Waals surface area contributed by atoms with Gasteiger partial charge in [-0.2, -0.15) is 0 Å². The third kappa shape index (κ3) is 6.92. The van der Waals surface area contributed by atoms with E-state index in [0.717, 1.165) is 11.8 Å². The van der Waals surface area contributed by atoms with Crippen LogP contribution in [0.4, 0.5) is 0 Å². The topological polar surface area (TPSA) is 130 Å². The maximum Gasteiger partial charge on any atom is 0.337 e. The lowest BCUT2D eigenvalue weighted by atomic mass is 10.1. The predicted molar refractivity (Wildman–Crippen MR) is 66.8 cm³/mol. The molecule has 18 heavy (non-hydrogen) atoms. The second-order valence-electron chi connectivity index (χ2n) is 3.37. The molecule has 0 bridgehead atoms. The third-order valence-corrected chi connectivity index (χ3v) is 2.89. The van der Waals surface area contributed by atoms with Crippen molar-refractivity contribution < 1.29 is 24.6 Å². The van der Waals surface area contributed by atoms with Gasteiger partial charge in [0, 0.05) is 6.42 Å². The number of aliphatic carboxylic acids is 2. The molecular weight excluding hydrogens is 260 g/mol. The molecule has 1 amide bonds. The average Bonchev–Trinajstić information content (AvgIpc) is 2.30. The quantitative estimate of drug-likeness (QED) is 0.458. The van der Waals surface area contributed by atoms with Gasteiger partial charge in [-0.1, -0.05) is 17.8 Å². The van der Waals surface area contributed by atoms with Crippen molar-refractivity contribution in [1.82, 2.24) is 5.32 Å². The van der Waals surface area contributed by atoms with Crippen LogP contribution in [0.3, 0.4) is 0 Å². The minimum absolute atomic E-state index is 0.0399. The van der Waals surface area contributed by atoms with Crippen LogP contribution in [0.5, 0.6) is 0 Å². The molecule has 102 valence electrons. The molecule has 0 aliphatic carbocycles. The number of amides is 1. The van der Waals surface area contributed by atoms with E-state index in [9.17, 15) is 14.4 Å². The minimum atomic E-state index is -1.19. The molecule has 0 aliphatic heterocycles. The zero-order valence-electron chi connectivity index (χ0n) is 9.83. The van der Waals surface area contributed by atoms with Crippen molar-refractivity contribution in [1.29, 1.82) is 0 Å². The number of hydrogen-bond donors (Lipinski definition) is 4. The summed E-state index contributed by atoms with van der Waals surface area (Å²) in [5.41, 5.74) is 5.22. The molecule has 7 nitrogen and oxygen atoms in total. The Hall–Kier alpha value is -1.54. The van der Waals surface area contributed by atoms with Gasteiger partial charge < -0.3 is 21.3 Å². The first-order chi connectivity index (χ1) is 8.38. The summed E-state index contributed by atoms with van der Waals surface area (Å²) in [5.74, 6) is -2.91. The number of carboxylic acids is 2. The molecule has 0 spiro atoms. The zero-order valence-corrected chi connectivity index (χ0v) is 10.6. The van der Waals surface area contributed by atoms with Crippen molar-refractivity contribution in [2.75, 3.05) is 0 Å². The maximum absolute atomic E-state index is 11.4. The van der Waals surface area contributed by atoms with E-state index in [1.54, 1.807) is 18.4 Å². The van der Waals surface area contributed by atoms with E-state index in [1.165, 1.54) is 0 Å². The highest BCUT2D eigenvalue weighted by atomic mass is 32.2. The molecule has 0 saturated heterocycles. The summed E-state index contributed by atoms with van der Waals surface area (Å²) in [6.45, 7) is 1.72. The van der Waals surface area contributed by atoms with E-state index in [4.69, 9.17) is 15.9 Å². The van der Waals surface area contributed by atoms with Gasteiger partial charge in [0.05, 0.1) is 0 Å². The number of thioether (sulfide) groups is 1. The van der Waals surface area contributed by atoms with Crippen molar-refractivity contribution in [3.63, 3.8) is 0 Å². The fourth-order valence-electron chi connectivity index (χ4n) is 0.940. The number of rotatable bonds is 8. The SMILES string of the molecule is C/C=C\S[C@H](NC(=O)CC[C@H](N)C(=O)O)C(=O)O.